The first-order valence-electron chi connectivity index (χ1n) is 9.59. The molecule has 2 aliphatic rings. The SMILES string of the molecule is CCCCOc1cccc2c1[C@@H](OCCCC)C[C@@H]2N1C(=O)C=CC1=O. The summed E-state index contributed by atoms with van der Waals surface area (Å²) in [7, 11) is 0. The molecule has 0 N–H and O–H groups in total. The summed E-state index contributed by atoms with van der Waals surface area (Å²) < 4.78 is 12.1. The number of ether oxygens (including phenoxy) is 2. The molecule has 1 heterocycles. The van der Waals surface area contributed by atoms with Crippen molar-refractivity contribution in [2.75, 3.05) is 13.2 Å². The third kappa shape index (κ3) is 3.68. The Kier molecular flexibility index (Phi) is 6.09. The molecule has 0 spiro atoms. The summed E-state index contributed by atoms with van der Waals surface area (Å²) in [5.41, 5.74) is 1.96. The van der Waals surface area contributed by atoms with E-state index in [2.05, 4.69) is 13.8 Å². The Morgan fingerprint density at radius 1 is 1.04 bits per heavy atom. The van der Waals surface area contributed by atoms with Gasteiger partial charge in [-0.15, -0.1) is 0 Å². The molecule has 0 saturated carbocycles. The van der Waals surface area contributed by atoms with E-state index < -0.39 is 0 Å². The van der Waals surface area contributed by atoms with Crippen molar-refractivity contribution in [1.29, 1.82) is 0 Å². The lowest BCUT2D eigenvalue weighted by molar-refractivity contribution is -0.140. The standard InChI is InChI=1S/C21H27NO4/c1-3-5-12-25-17-9-7-8-15-16(22-19(23)10-11-20(22)24)14-18(21(15)17)26-13-6-4-2/h7-11,16,18H,3-6,12-14H2,1-2H3/t16-,18-/m0/s1. The van der Waals surface area contributed by atoms with E-state index in [1.165, 1.54) is 17.1 Å². The third-order valence-corrected chi connectivity index (χ3v) is 4.95. The van der Waals surface area contributed by atoms with E-state index >= 15 is 0 Å². The van der Waals surface area contributed by atoms with Gasteiger partial charge in [0, 0.05) is 30.7 Å². The van der Waals surface area contributed by atoms with Crippen molar-refractivity contribution in [3.8, 4) is 5.75 Å². The van der Waals surface area contributed by atoms with E-state index in [0.29, 0.717) is 19.6 Å². The van der Waals surface area contributed by atoms with E-state index in [0.717, 1.165) is 42.6 Å². The minimum Gasteiger partial charge on any atom is -0.493 e. The molecule has 3 rings (SSSR count). The highest BCUT2D eigenvalue weighted by atomic mass is 16.5. The average molecular weight is 357 g/mol. The number of unbranched alkanes of at least 4 members (excludes halogenated alkanes) is 2. The van der Waals surface area contributed by atoms with Crippen LogP contribution in [0.4, 0.5) is 0 Å². The second-order valence-electron chi connectivity index (χ2n) is 6.81. The fourth-order valence-corrected chi connectivity index (χ4v) is 3.58. The van der Waals surface area contributed by atoms with Crippen molar-refractivity contribution in [3.63, 3.8) is 0 Å². The molecule has 0 bridgehead atoms. The van der Waals surface area contributed by atoms with Crippen molar-refractivity contribution in [3.05, 3.63) is 41.5 Å². The average Bonchev–Trinajstić information content (AvgIpc) is 3.16. The molecule has 1 aromatic carbocycles. The molecular weight excluding hydrogens is 330 g/mol. The molecule has 5 nitrogen and oxygen atoms in total. The van der Waals surface area contributed by atoms with Crippen LogP contribution in [0.2, 0.25) is 0 Å². The summed E-state index contributed by atoms with van der Waals surface area (Å²) in [6.45, 7) is 5.57. The molecule has 1 aliphatic carbocycles. The number of carbonyl (C=O) groups is 2. The number of hydrogen-bond acceptors (Lipinski definition) is 4. The molecule has 140 valence electrons. The fraction of sp³-hybridized carbons (Fsp3) is 0.524. The zero-order valence-corrected chi connectivity index (χ0v) is 15.6. The second kappa shape index (κ2) is 8.49. The van der Waals surface area contributed by atoms with Gasteiger partial charge in [0.05, 0.1) is 18.8 Å². The van der Waals surface area contributed by atoms with Crippen LogP contribution in [0.1, 0.15) is 69.2 Å². The number of fused-ring (bicyclic) bond motifs is 1. The smallest absolute Gasteiger partial charge is 0.254 e. The predicted octanol–water partition coefficient (Wildman–Crippen LogP) is 4.09. The lowest BCUT2D eigenvalue weighted by Crippen LogP contribution is -2.33. The van der Waals surface area contributed by atoms with Crippen molar-refractivity contribution < 1.29 is 19.1 Å². The van der Waals surface area contributed by atoms with Crippen LogP contribution in [-0.2, 0) is 14.3 Å². The molecule has 26 heavy (non-hydrogen) atoms. The largest absolute Gasteiger partial charge is 0.493 e. The molecule has 0 unspecified atom stereocenters. The van der Waals surface area contributed by atoms with Crippen molar-refractivity contribution in [2.45, 2.75) is 58.1 Å². The van der Waals surface area contributed by atoms with Gasteiger partial charge in [0.15, 0.2) is 0 Å². The molecule has 0 fully saturated rings. The Bertz CT molecular complexity index is 679. The molecule has 0 saturated heterocycles. The van der Waals surface area contributed by atoms with E-state index in [-0.39, 0.29) is 24.0 Å². The highest BCUT2D eigenvalue weighted by Crippen LogP contribution is 2.48. The first-order chi connectivity index (χ1) is 12.7. The summed E-state index contributed by atoms with van der Waals surface area (Å²) in [4.78, 5) is 25.7. The molecule has 2 amide bonds. The summed E-state index contributed by atoms with van der Waals surface area (Å²) in [5.74, 6) is 0.307. The zero-order chi connectivity index (χ0) is 18.5. The van der Waals surface area contributed by atoms with Gasteiger partial charge in [0.2, 0.25) is 0 Å². The quantitative estimate of drug-likeness (QED) is 0.493. The van der Waals surface area contributed by atoms with Gasteiger partial charge >= 0.3 is 0 Å². The van der Waals surface area contributed by atoms with Crippen LogP contribution in [0.5, 0.6) is 5.75 Å². The van der Waals surface area contributed by atoms with Gasteiger partial charge in [-0.05, 0) is 24.5 Å². The minimum atomic E-state index is -0.290. The summed E-state index contributed by atoms with van der Waals surface area (Å²) in [6, 6.07) is 5.58. The van der Waals surface area contributed by atoms with E-state index in [1.807, 2.05) is 18.2 Å². The van der Waals surface area contributed by atoms with Gasteiger partial charge < -0.3 is 9.47 Å². The summed E-state index contributed by atoms with van der Waals surface area (Å²) in [6.07, 6.45) is 7.22. The van der Waals surface area contributed by atoms with Crippen molar-refractivity contribution in [1.82, 2.24) is 4.90 Å². The number of hydrogen-bond donors (Lipinski definition) is 0. The predicted molar refractivity (Wildman–Crippen MR) is 98.8 cm³/mol. The molecule has 1 aliphatic heterocycles. The fourth-order valence-electron chi connectivity index (χ4n) is 3.58. The lowest BCUT2D eigenvalue weighted by atomic mass is 10.1. The number of rotatable bonds is 9. The molecule has 0 aromatic heterocycles. The molecule has 1 aromatic rings. The number of carbonyl (C=O) groups excluding carboxylic acids is 2. The number of imide groups is 1. The highest BCUT2D eigenvalue weighted by Gasteiger charge is 2.42. The lowest BCUT2D eigenvalue weighted by Gasteiger charge is -2.23. The van der Waals surface area contributed by atoms with Gasteiger partial charge in [-0.3, -0.25) is 14.5 Å². The van der Waals surface area contributed by atoms with Crippen LogP contribution in [0, 0.1) is 0 Å². The zero-order valence-electron chi connectivity index (χ0n) is 15.6. The number of benzene rings is 1. The highest BCUT2D eigenvalue weighted by molar-refractivity contribution is 6.13. The molecule has 5 heteroatoms. The van der Waals surface area contributed by atoms with E-state index in [1.54, 1.807) is 0 Å². The van der Waals surface area contributed by atoms with E-state index in [9.17, 15) is 9.59 Å². The minimum absolute atomic E-state index is 0.152. The topological polar surface area (TPSA) is 55.8 Å². The van der Waals surface area contributed by atoms with Gasteiger partial charge in [-0.1, -0.05) is 38.8 Å². The van der Waals surface area contributed by atoms with Crippen LogP contribution >= 0.6 is 0 Å². The summed E-state index contributed by atoms with van der Waals surface area (Å²) in [5, 5.41) is 0. The number of nitrogens with zero attached hydrogens (tertiary/aromatic N) is 1. The first-order valence-corrected chi connectivity index (χ1v) is 9.59. The van der Waals surface area contributed by atoms with Gasteiger partial charge in [0.25, 0.3) is 11.8 Å². The van der Waals surface area contributed by atoms with E-state index in [4.69, 9.17) is 9.47 Å². The Labute approximate surface area is 155 Å². The molecular formula is C21H27NO4. The third-order valence-electron chi connectivity index (χ3n) is 4.95. The number of amides is 2. The van der Waals surface area contributed by atoms with Crippen LogP contribution in [-0.4, -0.2) is 29.9 Å². The molecule has 0 radical (unpaired) electrons. The second-order valence-corrected chi connectivity index (χ2v) is 6.81. The summed E-state index contributed by atoms with van der Waals surface area (Å²) >= 11 is 0. The van der Waals surface area contributed by atoms with Gasteiger partial charge in [-0.2, -0.15) is 0 Å². The van der Waals surface area contributed by atoms with Crippen molar-refractivity contribution >= 4 is 11.8 Å². The monoisotopic (exact) mass is 357 g/mol. The maximum absolute atomic E-state index is 12.2. The Morgan fingerprint density at radius 2 is 1.73 bits per heavy atom. The Morgan fingerprint density at radius 3 is 2.42 bits per heavy atom. The first kappa shape index (κ1) is 18.6. The van der Waals surface area contributed by atoms with Gasteiger partial charge in [-0.25, -0.2) is 0 Å². The van der Waals surface area contributed by atoms with Crippen LogP contribution in [0.25, 0.3) is 0 Å². The maximum atomic E-state index is 12.2. The maximum Gasteiger partial charge on any atom is 0.254 e. The Hall–Kier alpha value is -2.14. The normalized spacial score (nSPS) is 21.5. The van der Waals surface area contributed by atoms with Crippen LogP contribution < -0.4 is 4.74 Å². The van der Waals surface area contributed by atoms with Crippen LogP contribution in [0.3, 0.4) is 0 Å². The molecule has 2 atom stereocenters. The van der Waals surface area contributed by atoms with Crippen LogP contribution in [0.15, 0.2) is 30.4 Å². The Balaban J connectivity index is 1.89. The van der Waals surface area contributed by atoms with Crippen molar-refractivity contribution in [2.24, 2.45) is 0 Å². The van der Waals surface area contributed by atoms with Gasteiger partial charge in [0.1, 0.15) is 5.75 Å².